The molecule has 0 aromatic heterocycles. The molecule has 0 unspecified atom stereocenters. The van der Waals surface area contributed by atoms with E-state index in [4.69, 9.17) is 5.73 Å². The normalized spacial score (nSPS) is 18.6. The molecular formula is C18H21FN2O2S. The number of hydrogen-bond acceptors (Lipinski definition) is 4. The fourth-order valence-corrected chi connectivity index (χ4v) is 4.98. The van der Waals surface area contributed by atoms with Crippen LogP contribution in [-0.2, 0) is 16.4 Å². The zero-order chi connectivity index (χ0) is 17.2. The number of sulfone groups is 1. The van der Waals surface area contributed by atoms with Gasteiger partial charge in [0.25, 0.3) is 0 Å². The minimum atomic E-state index is -3.47. The zero-order valence-electron chi connectivity index (χ0n) is 13.4. The van der Waals surface area contributed by atoms with Crippen LogP contribution in [0.2, 0.25) is 0 Å². The van der Waals surface area contributed by atoms with Crippen molar-refractivity contribution < 1.29 is 12.8 Å². The Morgan fingerprint density at radius 2 is 1.96 bits per heavy atom. The van der Waals surface area contributed by atoms with Gasteiger partial charge in [0.2, 0.25) is 0 Å². The molecule has 6 heteroatoms. The Morgan fingerprint density at radius 3 is 2.71 bits per heavy atom. The van der Waals surface area contributed by atoms with Crippen LogP contribution >= 0.6 is 0 Å². The van der Waals surface area contributed by atoms with E-state index in [0.717, 1.165) is 12.0 Å². The van der Waals surface area contributed by atoms with Crippen molar-refractivity contribution in [2.75, 3.05) is 18.0 Å². The van der Waals surface area contributed by atoms with Gasteiger partial charge in [-0.25, -0.2) is 12.8 Å². The minimum Gasteiger partial charge on any atom is -0.368 e. The van der Waals surface area contributed by atoms with Crippen LogP contribution in [0.5, 0.6) is 0 Å². The van der Waals surface area contributed by atoms with E-state index in [9.17, 15) is 12.8 Å². The average molecular weight is 348 g/mol. The fraction of sp³-hybridized carbons (Fsp3) is 0.333. The molecule has 1 aliphatic heterocycles. The van der Waals surface area contributed by atoms with Gasteiger partial charge in [-0.15, -0.1) is 0 Å². The van der Waals surface area contributed by atoms with Crippen LogP contribution in [0.3, 0.4) is 0 Å². The molecule has 3 rings (SSSR count). The van der Waals surface area contributed by atoms with Gasteiger partial charge in [0.1, 0.15) is 5.82 Å². The quantitative estimate of drug-likeness (QED) is 0.923. The molecular weight excluding hydrogens is 327 g/mol. The molecule has 0 bridgehead atoms. The molecule has 1 atom stereocenters. The molecule has 4 nitrogen and oxygen atoms in total. The first-order valence-corrected chi connectivity index (χ1v) is 9.59. The third-order valence-electron chi connectivity index (χ3n) is 4.47. The molecule has 1 heterocycles. The Morgan fingerprint density at radius 1 is 1.17 bits per heavy atom. The third kappa shape index (κ3) is 3.30. The highest BCUT2D eigenvalue weighted by Crippen LogP contribution is 2.28. The van der Waals surface area contributed by atoms with Gasteiger partial charge < -0.3 is 10.6 Å². The van der Waals surface area contributed by atoms with Gasteiger partial charge >= 0.3 is 0 Å². The van der Waals surface area contributed by atoms with Crippen LogP contribution in [0.1, 0.15) is 18.4 Å². The van der Waals surface area contributed by atoms with Crippen molar-refractivity contribution in [1.82, 2.24) is 0 Å². The van der Waals surface area contributed by atoms with E-state index < -0.39 is 15.1 Å². The predicted molar refractivity (Wildman–Crippen MR) is 93.2 cm³/mol. The number of hydrogen-bond donors (Lipinski definition) is 1. The maximum absolute atomic E-state index is 14.0. The Balaban J connectivity index is 1.87. The van der Waals surface area contributed by atoms with Crippen LogP contribution in [0.25, 0.3) is 0 Å². The molecule has 0 spiro atoms. The number of benzene rings is 2. The summed E-state index contributed by atoms with van der Waals surface area (Å²) < 4.78 is 39.9. The maximum Gasteiger partial charge on any atom is 0.182 e. The molecule has 0 radical (unpaired) electrons. The summed E-state index contributed by atoms with van der Waals surface area (Å²) in [5.74, 6) is -0.319. The van der Waals surface area contributed by atoms with E-state index in [1.807, 2.05) is 11.0 Å². The van der Waals surface area contributed by atoms with Gasteiger partial charge in [0.05, 0.1) is 15.8 Å². The monoisotopic (exact) mass is 348 g/mol. The number of para-hydroxylation sites is 1. The van der Waals surface area contributed by atoms with Gasteiger partial charge in [-0.3, -0.25) is 0 Å². The lowest BCUT2D eigenvalue weighted by Gasteiger charge is -2.34. The van der Waals surface area contributed by atoms with Crippen molar-refractivity contribution in [3.63, 3.8) is 0 Å². The second-order valence-corrected chi connectivity index (χ2v) is 8.29. The fourth-order valence-electron chi connectivity index (χ4n) is 3.16. The molecule has 2 aromatic carbocycles. The van der Waals surface area contributed by atoms with Crippen LogP contribution in [0.4, 0.5) is 10.1 Å². The molecule has 1 fully saturated rings. The second kappa shape index (κ2) is 6.91. The summed E-state index contributed by atoms with van der Waals surface area (Å²) in [6.07, 6.45) is 1.30. The smallest absolute Gasteiger partial charge is 0.182 e. The Bertz CT molecular complexity index is 823. The van der Waals surface area contributed by atoms with E-state index in [0.29, 0.717) is 36.6 Å². The van der Waals surface area contributed by atoms with Crippen LogP contribution in [0.15, 0.2) is 53.4 Å². The summed E-state index contributed by atoms with van der Waals surface area (Å²) in [5.41, 5.74) is 6.87. The highest BCUT2D eigenvalue weighted by Gasteiger charge is 2.32. The number of rotatable bonds is 4. The van der Waals surface area contributed by atoms with E-state index >= 15 is 0 Å². The Labute approximate surface area is 142 Å². The lowest BCUT2D eigenvalue weighted by molar-refractivity contribution is 0.524. The Kier molecular flexibility index (Phi) is 4.87. The van der Waals surface area contributed by atoms with E-state index in [1.54, 1.807) is 36.4 Å². The first-order valence-electron chi connectivity index (χ1n) is 8.05. The molecule has 128 valence electrons. The van der Waals surface area contributed by atoms with Crippen molar-refractivity contribution in [3.05, 3.63) is 59.9 Å². The van der Waals surface area contributed by atoms with Crippen molar-refractivity contribution in [3.8, 4) is 0 Å². The van der Waals surface area contributed by atoms with E-state index in [1.165, 1.54) is 6.07 Å². The molecule has 1 aliphatic rings. The maximum atomic E-state index is 14.0. The summed E-state index contributed by atoms with van der Waals surface area (Å²) in [7, 11) is -3.47. The van der Waals surface area contributed by atoms with Crippen LogP contribution in [0, 0.1) is 5.82 Å². The summed E-state index contributed by atoms with van der Waals surface area (Å²) in [6.45, 7) is 1.27. The third-order valence-corrected chi connectivity index (χ3v) is 6.65. The second-order valence-electron chi connectivity index (χ2n) is 6.06. The zero-order valence-corrected chi connectivity index (χ0v) is 14.2. The number of anilines is 1. The number of halogens is 1. The van der Waals surface area contributed by atoms with E-state index in [2.05, 4.69) is 0 Å². The molecule has 2 N–H and O–H groups in total. The molecule has 0 saturated carbocycles. The van der Waals surface area contributed by atoms with Crippen molar-refractivity contribution in [1.29, 1.82) is 0 Å². The van der Waals surface area contributed by atoms with Crippen LogP contribution < -0.4 is 10.6 Å². The van der Waals surface area contributed by atoms with Gasteiger partial charge in [-0.2, -0.15) is 0 Å². The molecule has 24 heavy (non-hydrogen) atoms. The average Bonchev–Trinajstić information content (AvgIpc) is 2.62. The van der Waals surface area contributed by atoms with Crippen molar-refractivity contribution in [2.45, 2.75) is 29.5 Å². The standard InChI is InChI=1S/C18H21FN2O2S/c19-17-8-1-2-9-18(17)21-10-4-7-16(13-21)24(22,23)15-6-3-5-14(11-15)12-20/h1-3,5-6,8-9,11,16H,4,7,10,12-13,20H2/t16-/m1/s1. The summed E-state index contributed by atoms with van der Waals surface area (Å²) in [6, 6.07) is 13.3. The first-order chi connectivity index (χ1) is 11.5. The summed E-state index contributed by atoms with van der Waals surface area (Å²) in [4.78, 5) is 2.12. The van der Waals surface area contributed by atoms with Gasteiger partial charge in [-0.1, -0.05) is 24.3 Å². The minimum absolute atomic E-state index is 0.297. The Hall–Kier alpha value is -1.92. The predicted octanol–water partition coefficient (Wildman–Crippen LogP) is 2.73. The van der Waals surface area contributed by atoms with Crippen LogP contribution in [-0.4, -0.2) is 26.8 Å². The highest BCUT2D eigenvalue weighted by atomic mass is 32.2. The van der Waals surface area contributed by atoms with Gasteiger partial charge in [0, 0.05) is 19.6 Å². The lowest BCUT2D eigenvalue weighted by atomic mass is 10.1. The molecule has 2 aromatic rings. The molecule has 0 amide bonds. The topological polar surface area (TPSA) is 63.4 Å². The number of piperidine rings is 1. The molecule has 0 aliphatic carbocycles. The first kappa shape index (κ1) is 16.9. The lowest BCUT2D eigenvalue weighted by Crippen LogP contribution is -2.42. The largest absolute Gasteiger partial charge is 0.368 e. The highest BCUT2D eigenvalue weighted by molar-refractivity contribution is 7.92. The number of nitrogens with two attached hydrogens (primary N) is 1. The summed E-state index contributed by atoms with van der Waals surface area (Å²) in [5, 5.41) is -0.543. The van der Waals surface area contributed by atoms with Gasteiger partial charge in [0.15, 0.2) is 9.84 Å². The van der Waals surface area contributed by atoms with E-state index in [-0.39, 0.29) is 5.82 Å². The van der Waals surface area contributed by atoms with Crippen molar-refractivity contribution >= 4 is 15.5 Å². The summed E-state index contributed by atoms with van der Waals surface area (Å²) >= 11 is 0. The number of nitrogens with zero attached hydrogens (tertiary/aromatic N) is 1. The SMILES string of the molecule is NCc1cccc(S(=O)(=O)[C@@H]2CCCN(c3ccccc3F)C2)c1. The van der Waals surface area contributed by atoms with Crippen molar-refractivity contribution in [2.24, 2.45) is 5.73 Å². The molecule has 1 saturated heterocycles. The van der Waals surface area contributed by atoms with Gasteiger partial charge in [-0.05, 0) is 42.7 Å².